The average Bonchev–Trinajstić information content (AvgIpc) is 3.12. The monoisotopic (exact) mass is 386 g/mol. The smallest absolute Gasteiger partial charge is 0.240 e. The van der Waals surface area contributed by atoms with Crippen LogP contribution in [0.3, 0.4) is 0 Å². The largest absolute Gasteiger partial charge is 0.356 e. The predicted molar refractivity (Wildman–Crippen MR) is 103 cm³/mol. The molecule has 3 aromatic rings. The minimum atomic E-state index is -3.52. The van der Waals surface area contributed by atoms with Gasteiger partial charge >= 0.3 is 0 Å². The topological polar surface area (TPSA) is 93.0 Å². The van der Waals surface area contributed by atoms with Gasteiger partial charge in [0.1, 0.15) is 12.1 Å². The van der Waals surface area contributed by atoms with Gasteiger partial charge in [-0.3, -0.25) is 0 Å². The SMILES string of the molecule is O=S(=O)(NCCn1ncc2c(N3CCCCC3)ncnc21)c1ccccc1. The van der Waals surface area contributed by atoms with Crippen molar-refractivity contribution in [1.82, 2.24) is 24.5 Å². The molecule has 1 aromatic carbocycles. The maximum absolute atomic E-state index is 12.3. The summed E-state index contributed by atoms with van der Waals surface area (Å²) in [5, 5.41) is 5.30. The fourth-order valence-electron chi connectivity index (χ4n) is 3.37. The first-order valence-electron chi connectivity index (χ1n) is 9.11. The van der Waals surface area contributed by atoms with Crippen LogP contribution in [-0.4, -0.2) is 47.8 Å². The van der Waals surface area contributed by atoms with Crippen LogP contribution >= 0.6 is 0 Å². The first kappa shape index (κ1) is 17.9. The molecule has 2 aromatic heterocycles. The number of anilines is 1. The molecule has 142 valence electrons. The molecule has 0 amide bonds. The summed E-state index contributed by atoms with van der Waals surface area (Å²) < 4.78 is 29.0. The third kappa shape index (κ3) is 3.79. The maximum Gasteiger partial charge on any atom is 0.240 e. The fourth-order valence-corrected chi connectivity index (χ4v) is 4.41. The van der Waals surface area contributed by atoms with E-state index in [1.165, 1.54) is 19.3 Å². The van der Waals surface area contributed by atoms with E-state index in [9.17, 15) is 8.42 Å². The van der Waals surface area contributed by atoms with Crippen molar-refractivity contribution >= 4 is 26.9 Å². The quantitative estimate of drug-likeness (QED) is 0.694. The van der Waals surface area contributed by atoms with Crippen LogP contribution < -0.4 is 9.62 Å². The number of aromatic nitrogens is 4. The van der Waals surface area contributed by atoms with Crippen LogP contribution in [0.4, 0.5) is 5.82 Å². The molecule has 8 nitrogen and oxygen atoms in total. The Balaban J connectivity index is 1.48. The third-order valence-corrected chi connectivity index (χ3v) is 6.21. The molecular formula is C18H22N6O2S. The summed E-state index contributed by atoms with van der Waals surface area (Å²) in [6.45, 7) is 2.62. The van der Waals surface area contributed by atoms with Gasteiger partial charge < -0.3 is 4.90 Å². The summed E-state index contributed by atoms with van der Waals surface area (Å²) in [6.07, 6.45) is 6.91. The van der Waals surface area contributed by atoms with Crippen molar-refractivity contribution in [3.8, 4) is 0 Å². The van der Waals surface area contributed by atoms with E-state index in [0.717, 1.165) is 29.9 Å². The highest BCUT2D eigenvalue weighted by Gasteiger charge is 2.18. The number of hydrogen-bond donors (Lipinski definition) is 1. The number of sulfonamides is 1. The van der Waals surface area contributed by atoms with Gasteiger partial charge in [-0.15, -0.1) is 0 Å². The molecule has 1 aliphatic heterocycles. The van der Waals surface area contributed by atoms with Gasteiger partial charge in [0.05, 0.1) is 23.0 Å². The molecule has 0 saturated carbocycles. The molecule has 1 fully saturated rings. The Morgan fingerprint density at radius 3 is 2.59 bits per heavy atom. The predicted octanol–water partition coefficient (Wildman–Crippen LogP) is 1.80. The fraction of sp³-hybridized carbons (Fsp3) is 0.389. The molecule has 1 N–H and O–H groups in total. The molecule has 0 bridgehead atoms. The van der Waals surface area contributed by atoms with E-state index in [0.29, 0.717) is 6.54 Å². The molecule has 4 rings (SSSR count). The maximum atomic E-state index is 12.3. The first-order chi connectivity index (χ1) is 13.1. The minimum absolute atomic E-state index is 0.233. The molecule has 0 unspecified atom stereocenters. The van der Waals surface area contributed by atoms with Crippen molar-refractivity contribution in [3.05, 3.63) is 42.9 Å². The lowest BCUT2D eigenvalue weighted by atomic mass is 10.1. The normalized spacial score (nSPS) is 15.3. The number of fused-ring (bicyclic) bond motifs is 1. The lowest BCUT2D eigenvalue weighted by Gasteiger charge is -2.27. The van der Waals surface area contributed by atoms with Crippen LogP contribution in [-0.2, 0) is 16.6 Å². The molecule has 0 atom stereocenters. The van der Waals surface area contributed by atoms with Crippen molar-refractivity contribution < 1.29 is 8.42 Å². The van der Waals surface area contributed by atoms with Gasteiger partial charge in [-0.1, -0.05) is 18.2 Å². The van der Waals surface area contributed by atoms with E-state index in [1.54, 1.807) is 47.5 Å². The number of benzene rings is 1. The number of nitrogens with one attached hydrogen (secondary N) is 1. The van der Waals surface area contributed by atoms with Gasteiger partial charge in [0.25, 0.3) is 0 Å². The van der Waals surface area contributed by atoms with E-state index in [4.69, 9.17) is 0 Å². The van der Waals surface area contributed by atoms with Crippen LogP contribution in [0.5, 0.6) is 0 Å². The molecule has 9 heteroatoms. The summed E-state index contributed by atoms with van der Waals surface area (Å²) in [5.74, 6) is 0.913. The molecular weight excluding hydrogens is 364 g/mol. The summed E-state index contributed by atoms with van der Waals surface area (Å²) >= 11 is 0. The Morgan fingerprint density at radius 2 is 1.81 bits per heavy atom. The van der Waals surface area contributed by atoms with E-state index >= 15 is 0 Å². The highest BCUT2D eigenvalue weighted by molar-refractivity contribution is 7.89. The summed E-state index contributed by atoms with van der Waals surface area (Å²) in [7, 11) is -3.52. The molecule has 3 heterocycles. The van der Waals surface area contributed by atoms with Gasteiger partial charge in [-0.2, -0.15) is 5.10 Å². The van der Waals surface area contributed by atoms with E-state index in [1.807, 2.05) is 0 Å². The zero-order chi connectivity index (χ0) is 18.7. The van der Waals surface area contributed by atoms with Gasteiger partial charge in [-0.25, -0.2) is 27.8 Å². The van der Waals surface area contributed by atoms with Crippen molar-refractivity contribution in [3.63, 3.8) is 0 Å². The van der Waals surface area contributed by atoms with Gasteiger partial charge in [0.15, 0.2) is 5.65 Å². The Morgan fingerprint density at radius 1 is 1.04 bits per heavy atom. The molecule has 0 radical (unpaired) electrons. The standard InChI is InChI=1S/C18H22N6O2S/c25-27(26,15-7-3-1-4-8-15)22-9-12-24-18-16(13-21-24)17(19-14-20-18)23-10-5-2-6-11-23/h1,3-4,7-8,13-14,22H,2,5-6,9-12H2. The van der Waals surface area contributed by atoms with Crippen molar-refractivity contribution in [2.45, 2.75) is 30.7 Å². The second-order valence-electron chi connectivity index (χ2n) is 6.56. The molecule has 0 spiro atoms. The molecule has 27 heavy (non-hydrogen) atoms. The van der Waals surface area contributed by atoms with Crippen LogP contribution in [0, 0.1) is 0 Å². The van der Waals surface area contributed by atoms with Gasteiger partial charge in [-0.05, 0) is 31.4 Å². The minimum Gasteiger partial charge on any atom is -0.356 e. The molecule has 0 aliphatic carbocycles. The third-order valence-electron chi connectivity index (χ3n) is 4.74. The van der Waals surface area contributed by atoms with E-state index < -0.39 is 10.0 Å². The van der Waals surface area contributed by atoms with E-state index in [2.05, 4.69) is 24.7 Å². The van der Waals surface area contributed by atoms with Crippen LogP contribution in [0.2, 0.25) is 0 Å². The lowest BCUT2D eigenvalue weighted by molar-refractivity contribution is 0.564. The summed E-state index contributed by atoms with van der Waals surface area (Å²) in [6, 6.07) is 8.34. The van der Waals surface area contributed by atoms with Gasteiger partial charge in [0.2, 0.25) is 10.0 Å². The van der Waals surface area contributed by atoms with Crippen molar-refractivity contribution in [2.75, 3.05) is 24.5 Å². The zero-order valence-corrected chi connectivity index (χ0v) is 15.8. The number of hydrogen-bond acceptors (Lipinski definition) is 6. The van der Waals surface area contributed by atoms with Crippen LogP contribution in [0.25, 0.3) is 11.0 Å². The van der Waals surface area contributed by atoms with Crippen molar-refractivity contribution in [1.29, 1.82) is 0 Å². The Hall–Kier alpha value is -2.52. The number of nitrogens with zero attached hydrogens (tertiary/aromatic N) is 5. The number of piperidine rings is 1. The average molecular weight is 386 g/mol. The Labute approximate surface area is 158 Å². The highest BCUT2D eigenvalue weighted by Crippen LogP contribution is 2.25. The molecule has 1 aliphatic rings. The zero-order valence-electron chi connectivity index (χ0n) is 15.0. The van der Waals surface area contributed by atoms with Gasteiger partial charge in [0, 0.05) is 19.6 Å². The second-order valence-corrected chi connectivity index (χ2v) is 8.33. The number of rotatable bonds is 6. The molecule has 1 saturated heterocycles. The van der Waals surface area contributed by atoms with Crippen molar-refractivity contribution in [2.24, 2.45) is 0 Å². The van der Waals surface area contributed by atoms with E-state index in [-0.39, 0.29) is 11.4 Å². The Bertz CT molecular complexity index is 1010. The summed E-state index contributed by atoms with van der Waals surface area (Å²) in [4.78, 5) is 11.3. The second kappa shape index (κ2) is 7.61. The first-order valence-corrected chi connectivity index (χ1v) is 10.6. The highest BCUT2D eigenvalue weighted by atomic mass is 32.2. The lowest BCUT2D eigenvalue weighted by Crippen LogP contribution is -2.30. The summed E-state index contributed by atoms with van der Waals surface area (Å²) in [5.41, 5.74) is 0.726. The Kier molecular flexibility index (Phi) is 5.04. The van der Waals surface area contributed by atoms with Crippen LogP contribution in [0.15, 0.2) is 47.8 Å². The van der Waals surface area contributed by atoms with Crippen LogP contribution in [0.1, 0.15) is 19.3 Å².